The first-order valence-corrected chi connectivity index (χ1v) is 8.42. The van der Waals surface area contributed by atoms with Crippen LogP contribution in [-0.4, -0.2) is 13.0 Å². The maximum atomic E-state index is 13.2. The fourth-order valence-corrected chi connectivity index (χ4v) is 3.34. The summed E-state index contributed by atoms with van der Waals surface area (Å²) in [5.74, 6) is 1.03. The van der Waals surface area contributed by atoms with E-state index < -0.39 is 0 Å². The Balaban J connectivity index is 2.03. The van der Waals surface area contributed by atoms with Crippen molar-refractivity contribution in [2.24, 2.45) is 11.3 Å². The molecule has 0 radical (unpaired) electrons. The molecule has 1 unspecified atom stereocenters. The van der Waals surface area contributed by atoms with Gasteiger partial charge in [-0.25, -0.2) is 0 Å². The predicted octanol–water partition coefficient (Wildman–Crippen LogP) is 4.45. The normalized spacial score (nSPS) is 17.6. The molecule has 0 saturated carbocycles. The number of nitrogens with zero attached hydrogens (tertiary/aromatic N) is 1. The van der Waals surface area contributed by atoms with Crippen molar-refractivity contribution in [2.45, 2.75) is 33.7 Å². The number of carbonyl (C=O) groups is 1. The molecule has 3 heteroatoms. The topological polar surface area (TPSA) is 29.5 Å². The lowest BCUT2D eigenvalue weighted by Gasteiger charge is -2.40. The fraction of sp³-hybridized carbons (Fsp3) is 0.381. The van der Waals surface area contributed by atoms with Crippen molar-refractivity contribution in [1.82, 2.24) is 0 Å². The molecule has 126 valence electrons. The summed E-state index contributed by atoms with van der Waals surface area (Å²) in [5.41, 5.74) is 3.25. The lowest BCUT2D eigenvalue weighted by molar-refractivity contribution is -0.126. The van der Waals surface area contributed by atoms with Crippen LogP contribution in [0, 0.1) is 11.3 Å². The molecule has 3 nitrogen and oxygen atoms in total. The van der Waals surface area contributed by atoms with E-state index in [1.54, 1.807) is 7.11 Å². The second-order valence-electron chi connectivity index (χ2n) is 7.53. The first-order valence-electron chi connectivity index (χ1n) is 8.42. The largest absolute Gasteiger partial charge is 0.497 e. The fourth-order valence-electron chi connectivity index (χ4n) is 3.34. The molecular weight excluding hydrogens is 298 g/mol. The predicted molar refractivity (Wildman–Crippen MR) is 97.3 cm³/mol. The molecule has 0 fully saturated rings. The highest BCUT2D eigenvalue weighted by Crippen LogP contribution is 2.40. The minimum Gasteiger partial charge on any atom is -0.497 e. The Labute approximate surface area is 144 Å². The van der Waals surface area contributed by atoms with Crippen LogP contribution in [-0.2, 0) is 17.8 Å². The van der Waals surface area contributed by atoms with Crippen LogP contribution in [0.5, 0.6) is 5.75 Å². The molecule has 0 bridgehead atoms. The Kier molecular flexibility index (Phi) is 4.35. The quantitative estimate of drug-likeness (QED) is 0.835. The van der Waals surface area contributed by atoms with E-state index in [-0.39, 0.29) is 17.2 Å². The molecule has 0 aromatic heterocycles. The van der Waals surface area contributed by atoms with Gasteiger partial charge in [-0.2, -0.15) is 0 Å². The number of amides is 1. The summed E-state index contributed by atoms with van der Waals surface area (Å²) < 4.78 is 5.38. The SMILES string of the molecule is COc1ccc2c(c1)CC(C(C)(C)C)C(=O)N2Cc1ccccc1. The molecule has 1 atom stereocenters. The summed E-state index contributed by atoms with van der Waals surface area (Å²) in [6, 6.07) is 16.2. The van der Waals surface area contributed by atoms with Crippen molar-refractivity contribution in [3.8, 4) is 5.75 Å². The van der Waals surface area contributed by atoms with Gasteiger partial charge in [-0.1, -0.05) is 51.1 Å². The maximum Gasteiger partial charge on any atom is 0.231 e. The summed E-state index contributed by atoms with van der Waals surface area (Å²) in [4.78, 5) is 15.1. The number of ether oxygens (including phenoxy) is 1. The van der Waals surface area contributed by atoms with E-state index in [0.717, 1.165) is 23.4 Å². The highest BCUT2D eigenvalue weighted by Gasteiger charge is 2.39. The molecule has 0 N–H and O–H groups in total. The summed E-state index contributed by atoms with van der Waals surface area (Å²) >= 11 is 0. The molecule has 0 spiro atoms. The summed E-state index contributed by atoms with van der Waals surface area (Å²) in [5, 5.41) is 0. The maximum absolute atomic E-state index is 13.2. The molecule has 24 heavy (non-hydrogen) atoms. The third-order valence-electron chi connectivity index (χ3n) is 4.79. The van der Waals surface area contributed by atoms with Crippen LogP contribution in [0.15, 0.2) is 48.5 Å². The third-order valence-corrected chi connectivity index (χ3v) is 4.79. The van der Waals surface area contributed by atoms with Crippen molar-refractivity contribution in [3.63, 3.8) is 0 Å². The molecule has 1 aliphatic heterocycles. The molecule has 2 aromatic carbocycles. The number of hydrogen-bond acceptors (Lipinski definition) is 2. The molecule has 1 heterocycles. The van der Waals surface area contributed by atoms with E-state index in [1.165, 1.54) is 5.56 Å². The first-order chi connectivity index (χ1) is 11.4. The van der Waals surface area contributed by atoms with E-state index in [2.05, 4.69) is 39.0 Å². The van der Waals surface area contributed by atoms with Crippen molar-refractivity contribution < 1.29 is 9.53 Å². The highest BCUT2D eigenvalue weighted by molar-refractivity contribution is 5.98. The number of methoxy groups -OCH3 is 1. The van der Waals surface area contributed by atoms with Crippen LogP contribution in [0.2, 0.25) is 0 Å². The van der Waals surface area contributed by atoms with Gasteiger partial charge in [0.1, 0.15) is 5.75 Å². The lowest BCUT2D eigenvalue weighted by Crippen LogP contribution is -2.45. The van der Waals surface area contributed by atoms with Crippen molar-refractivity contribution in [1.29, 1.82) is 0 Å². The van der Waals surface area contributed by atoms with Gasteiger partial charge in [0.2, 0.25) is 5.91 Å². The number of anilines is 1. The molecular formula is C21H25NO2. The number of fused-ring (bicyclic) bond motifs is 1. The zero-order valence-electron chi connectivity index (χ0n) is 14.9. The summed E-state index contributed by atoms with van der Waals surface area (Å²) in [6.45, 7) is 7.02. The van der Waals surface area contributed by atoms with Crippen LogP contribution >= 0.6 is 0 Å². The smallest absolute Gasteiger partial charge is 0.231 e. The molecule has 1 amide bonds. The van der Waals surface area contributed by atoms with E-state index in [9.17, 15) is 4.79 Å². The van der Waals surface area contributed by atoms with Crippen LogP contribution in [0.25, 0.3) is 0 Å². The van der Waals surface area contributed by atoms with Crippen LogP contribution in [0.3, 0.4) is 0 Å². The van der Waals surface area contributed by atoms with Gasteiger partial charge in [-0.15, -0.1) is 0 Å². The highest BCUT2D eigenvalue weighted by atomic mass is 16.5. The second kappa shape index (κ2) is 6.31. The Morgan fingerprint density at radius 2 is 1.83 bits per heavy atom. The van der Waals surface area contributed by atoms with Crippen molar-refractivity contribution >= 4 is 11.6 Å². The van der Waals surface area contributed by atoms with Gasteiger partial charge in [0.05, 0.1) is 13.7 Å². The van der Waals surface area contributed by atoms with Crippen molar-refractivity contribution in [3.05, 3.63) is 59.7 Å². The number of hydrogen-bond donors (Lipinski definition) is 0. The number of rotatable bonds is 3. The second-order valence-corrected chi connectivity index (χ2v) is 7.53. The minimum absolute atomic E-state index is 0.0270. The average Bonchev–Trinajstić information content (AvgIpc) is 2.56. The van der Waals surface area contributed by atoms with Gasteiger partial charge in [-0.3, -0.25) is 4.79 Å². The molecule has 0 saturated heterocycles. The number of benzene rings is 2. The third kappa shape index (κ3) is 3.16. The van der Waals surface area contributed by atoms with Crippen molar-refractivity contribution in [2.75, 3.05) is 12.0 Å². The molecule has 2 aromatic rings. The summed E-state index contributed by atoms with van der Waals surface area (Å²) in [6.07, 6.45) is 0.764. The standard InChI is InChI=1S/C21H25NO2/c1-21(2,3)18-13-16-12-17(24-4)10-11-19(16)22(20(18)23)14-15-8-6-5-7-9-15/h5-12,18H,13-14H2,1-4H3. The van der Waals surface area contributed by atoms with Gasteiger partial charge < -0.3 is 9.64 Å². The Hall–Kier alpha value is -2.29. The zero-order valence-corrected chi connectivity index (χ0v) is 14.9. The van der Waals surface area contributed by atoms with E-state index >= 15 is 0 Å². The Morgan fingerprint density at radius 3 is 2.46 bits per heavy atom. The Morgan fingerprint density at radius 1 is 1.12 bits per heavy atom. The minimum atomic E-state index is -0.0766. The van der Waals surface area contributed by atoms with Crippen LogP contribution in [0.4, 0.5) is 5.69 Å². The average molecular weight is 323 g/mol. The van der Waals surface area contributed by atoms with Gasteiger partial charge >= 0.3 is 0 Å². The molecule has 0 aliphatic carbocycles. The van der Waals surface area contributed by atoms with Gasteiger partial charge in [0.15, 0.2) is 0 Å². The van der Waals surface area contributed by atoms with Gasteiger partial charge in [0.25, 0.3) is 0 Å². The monoisotopic (exact) mass is 323 g/mol. The van der Waals surface area contributed by atoms with Gasteiger partial charge in [0, 0.05) is 11.6 Å². The molecule has 3 rings (SSSR count). The van der Waals surface area contributed by atoms with E-state index in [1.807, 2.05) is 35.2 Å². The lowest BCUT2D eigenvalue weighted by atomic mass is 9.74. The Bertz CT molecular complexity index is 731. The van der Waals surface area contributed by atoms with E-state index in [0.29, 0.717) is 6.54 Å². The van der Waals surface area contributed by atoms with Crippen LogP contribution in [0.1, 0.15) is 31.9 Å². The molecule has 1 aliphatic rings. The van der Waals surface area contributed by atoms with Crippen LogP contribution < -0.4 is 9.64 Å². The zero-order chi connectivity index (χ0) is 17.3. The van der Waals surface area contributed by atoms with E-state index in [4.69, 9.17) is 4.74 Å². The van der Waals surface area contributed by atoms with Gasteiger partial charge in [-0.05, 0) is 41.2 Å². The first kappa shape index (κ1) is 16.6. The number of carbonyl (C=O) groups excluding carboxylic acids is 1. The summed E-state index contributed by atoms with van der Waals surface area (Å²) in [7, 11) is 1.68.